The summed E-state index contributed by atoms with van der Waals surface area (Å²) in [6, 6.07) is 9.86. The molecular formula is C11H13NO. The number of rotatable bonds is 2. The van der Waals surface area contributed by atoms with E-state index in [0.717, 1.165) is 11.1 Å². The molecule has 0 bridgehead atoms. The highest BCUT2D eigenvalue weighted by Gasteiger charge is 2.02. The molecule has 0 radical (unpaired) electrons. The summed E-state index contributed by atoms with van der Waals surface area (Å²) in [7, 11) is 0. The van der Waals surface area contributed by atoms with E-state index in [1.807, 2.05) is 43.3 Å². The Morgan fingerprint density at radius 1 is 1.31 bits per heavy atom. The van der Waals surface area contributed by atoms with Gasteiger partial charge in [0.05, 0.1) is 5.71 Å². The summed E-state index contributed by atoms with van der Waals surface area (Å²) in [6.07, 6.45) is 1.93. The highest BCUT2D eigenvalue weighted by atomic mass is 16.4. The van der Waals surface area contributed by atoms with Gasteiger partial charge in [0.2, 0.25) is 0 Å². The fraction of sp³-hybridized carbons (Fsp3) is 0.182. The van der Waals surface area contributed by atoms with Crippen LogP contribution >= 0.6 is 0 Å². The molecule has 1 aromatic carbocycles. The number of allylic oxidation sites excluding steroid dienone is 2. The molecule has 0 spiro atoms. The molecule has 0 fully saturated rings. The van der Waals surface area contributed by atoms with Gasteiger partial charge >= 0.3 is 0 Å². The van der Waals surface area contributed by atoms with E-state index in [2.05, 4.69) is 5.16 Å². The fourth-order valence-corrected chi connectivity index (χ4v) is 1.26. The molecule has 2 nitrogen and oxygen atoms in total. The van der Waals surface area contributed by atoms with Crippen LogP contribution in [0.5, 0.6) is 0 Å². The van der Waals surface area contributed by atoms with Gasteiger partial charge in [0.1, 0.15) is 0 Å². The third-order valence-corrected chi connectivity index (χ3v) is 1.91. The van der Waals surface area contributed by atoms with E-state index < -0.39 is 0 Å². The smallest absolute Gasteiger partial charge is 0.0839 e. The predicted octanol–water partition coefficient (Wildman–Crippen LogP) is 2.94. The zero-order valence-electron chi connectivity index (χ0n) is 7.86. The molecule has 0 aliphatic heterocycles. The lowest BCUT2D eigenvalue weighted by molar-refractivity contribution is 0.319. The lowest BCUT2D eigenvalue weighted by Crippen LogP contribution is -1.96. The van der Waals surface area contributed by atoms with E-state index >= 15 is 0 Å². The first-order chi connectivity index (χ1) is 6.29. The van der Waals surface area contributed by atoms with Gasteiger partial charge in [-0.1, -0.05) is 41.6 Å². The van der Waals surface area contributed by atoms with E-state index in [1.54, 1.807) is 6.92 Å². The number of nitrogens with zero attached hydrogens (tertiary/aromatic N) is 1. The molecule has 1 N–H and O–H groups in total. The second kappa shape index (κ2) is 4.45. The standard InChI is InChI=1S/C11H13NO/c1-3-11(9(2)12-13)10-7-5-4-6-8-10/h3-8,13H,1-2H3/b11-3+,12-9-. The number of hydrogen-bond donors (Lipinski definition) is 1. The molecule has 0 heterocycles. The van der Waals surface area contributed by atoms with E-state index in [9.17, 15) is 0 Å². The van der Waals surface area contributed by atoms with Crippen LogP contribution < -0.4 is 0 Å². The van der Waals surface area contributed by atoms with E-state index in [-0.39, 0.29) is 0 Å². The van der Waals surface area contributed by atoms with Crippen molar-refractivity contribution in [2.45, 2.75) is 13.8 Å². The topological polar surface area (TPSA) is 32.6 Å². The van der Waals surface area contributed by atoms with Gasteiger partial charge in [-0.3, -0.25) is 0 Å². The molecule has 2 heteroatoms. The summed E-state index contributed by atoms with van der Waals surface area (Å²) >= 11 is 0. The molecule has 0 aromatic heterocycles. The number of hydrogen-bond acceptors (Lipinski definition) is 2. The van der Waals surface area contributed by atoms with Crippen molar-refractivity contribution in [2.24, 2.45) is 5.16 Å². The van der Waals surface area contributed by atoms with Crippen LogP contribution in [-0.2, 0) is 0 Å². The Bertz CT molecular complexity index is 325. The fourth-order valence-electron chi connectivity index (χ4n) is 1.26. The number of benzene rings is 1. The van der Waals surface area contributed by atoms with Crippen LogP contribution in [0.3, 0.4) is 0 Å². The third-order valence-electron chi connectivity index (χ3n) is 1.91. The Morgan fingerprint density at radius 3 is 2.38 bits per heavy atom. The highest BCUT2D eigenvalue weighted by Crippen LogP contribution is 2.15. The predicted molar refractivity (Wildman–Crippen MR) is 55.0 cm³/mol. The van der Waals surface area contributed by atoms with Gasteiger partial charge in [0, 0.05) is 5.57 Å². The van der Waals surface area contributed by atoms with Crippen molar-refractivity contribution in [1.29, 1.82) is 0 Å². The van der Waals surface area contributed by atoms with E-state index in [0.29, 0.717) is 5.71 Å². The zero-order valence-corrected chi connectivity index (χ0v) is 7.86. The first kappa shape index (κ1) is 9.52. The normalized spacial score (nSPS) is 13.1. The van der Waals surface area contributed by atoms with Crippen LogP contribution in [0.25, 0.3) is 5.57 Å². The van der Waals surface area contributed by atoms with Gasteiger partial charge in [-0.2, -0.15) is 0 Å². The Kier molecular flexibility index (Phi) is 3.26. The van der Waals surface area contributed by atoms with Crippen LogP contribution in [0, 0.1) is 0 Å². The van der Waals surface area contributed by atoms with Crippen molar-refractivity contribution in [2.75, 3.05) is 0 Å². The van der Waals surface area contributed by atoms with Crippen molar-refractivity contribution in [1.82, 2.24) is 0 Å². The van der Waals surface area contributed by atoms with Crippen molar-refractivity contribution < 1.29 is 5.21 Å². The van der Waals surface area contributed by atoms with E-state index in [4.69, 9.17) is 5.21 Å². The van der Waals surface area contributed by atoms with E-state index in [1.165, 1.54) is 0 Å². The first-order valence-corrected chi connectivity index (χ1v) is 4.20. The molecule has 0 aliphatic carbocycles. The van der Waals surface area contributed by atoms with Gasteiger partial charge in [-0.15, -0.1) is 0 Å². The Balaban J connectivity index is 3.07. The lowest BCUT2D eigenvalue weighted by Gasteiger charge is -2.04. The summed E-state index contributed by atoms with van der Waals surface area (Å²) in [6.45, 7) is 3.71. The van der Waals surface area contributed by atoms with Crippen LogP contribution in [0.1, 0.15) is 19.4 Å². The molecule has 1 aromatic rings. The molecular weight excluding hydrogens is 162 g/mol. The van der Waals surface area contributed by atoms with Crippen LogP contribution in [0.2, 0.25) is 0 Å². The zero-order chi connectivity index (χ0) is 9.68. The first-order valence-electron chi connectivity index (χ1n) is 4.20. The van der Waals surface area contributed by atoms with Crippen molar-refractivity contribution in [3.05, 3.63) is 42.0 Å². The molecule has 0 amide bonds. The van der Waals surface area contributed by atoms with Gasteiger partial charge in [-0.05, 0) is 19.4 Å². The second-order valence-corrected chi connectivity index (χ2v) is 2.75. The molecule has 0 atom stereocenters. The van der Waals surface area contributed by atoms with Crippen molar-refractivity contribution in [3.8, 4) is 0 Å². The summed E-state index contributed by atoms with van der Waals surface area (Å²) in [5.74, 6) is 0. The molecule has 0 saturated carbocycles. The average Bonchev–Trinajstić information content (AvgIpc) is 2.20. The largest absolute Gasteiger partial charge is 0.411 e. The average molecular weight is 175 g/mol. The van der Waals surface area contributed by atoms with Crippen molar-refractivity contribution in [3.63, 3.8) is 0 Å². The molecule has 0 saturated heterocycles. The Morgan fingerprint density at radius 2 is 1.92 bits per heavy atom. The Hall–Kier alpha value is -1.57. The minimum Gasteiger partial charge on any atom is -0.411 e. The highest BCUT2D eigenvalue weighted by molar-refractivity contribution is 6.22. The molecule has 0 aliphatic rings. The monoisotopic (exact) mass is 175 g/mol. The third kappa shape index (κ3) is 2.18. The molecule has 1 rings (SSSR count). The maximum absolute atomic E-state index is 8.64. The lowest BCUT2D eigenvalue weighted by atomic mass is 10.0. The van der Waals surface area contributed by atoms with Crippen LogP contribution in [0.15, 0.2) is 41.6 Å². The maximum atomic E-state index is 8.64. The van der Waals surface area contributed by atoms with Gasteiger partial charge < -0.3 is 5.21 Å². The van der Waals surface area contributed by atoms with Crippen molar-refractivity contribution >= 4 is 11.3 Å². The van der Waals surface area contributed by atoms with Crippen LogP contribution in [0.4, 0.5) is 0 Å². The summed E-state index contributed by atoms with van der Waals surface area (Å²) in [5, 5.41) is 11.8. The second-order valence-electron chi connectivity index (χ2n) is 2.75. The van der Waals surface area contributed by atoms with Gasteiger partial charge in [0.15, 0.2) is 0 Å². The molecule has 68 valence electrons. The summed E-state index contributed by atoms with van der Waals surface area (Å²) in [5.41, 5.74) is 2.66. The SMILES string of the molecule is C/C=C(\C(C)=N/O)c1ccccc1. The molecule has 13 heavy (non-hydrogen) atoms. The summed E-state index contributed by atoms with van der Waals surface area (Å²) < 4.78 is 0. The van der Waals surface area contributed by atoms with Gasteiger partial charge in [0.25, 0.3) is 0 Å². The minimum absolute atomic E-state index is 0.633. The van der Waals surface area contributed by atoms with Crippen LogP contribution in [-0.4, -0.2) is 10.9 Å². The van der Waals surface area contributed by atoms with Gasteiger partial charge in [-0.25, -0.2) is 0 Å². The number of oxime groups is 1. The quantitative estimate of drug-likeness (QED) is 0.418. The Labute approximate surface area is 78.2 Å². The molecule has 0 unspecified atom stereocenters. The minimum atomic E-state index is 0.633. The maximum Gasteiger partial charge on any atom is 0.0839 e. The summed E-state index contributed by atoms with van der Waals surface area (Å²) in [4.78, 5) is 0.